The minimum atomic E-state index is -0.478. The summed E-state index contributed by atoms with van der Waals surface area (Å²) in [6.07, 6.45) is 0.423. The molecule has 0 aromatic heterocycles. The van der Waals surface area contributed by atoms with Crippen LogP contribution in [0.5, 0.6) is 5.75 Å². The zero-order valence-electron chi connectivity index (χ0n) is 12.7. The van der Waals surface area contributed by atoms with Crippen LogP contribution in [-0.4, -0.2) is 24.8 Å². The lowest BCUT2D eigenvalue weighted by Gasteiger charge is -2.25. The van der Waals surface area contributed by atoms with Gasteiger partial charge in [0.2, 0.25) is 0 Å². The van der Waals surface area contributed by atoms with Gasteiger partial charge < -0.3 is 15.2 Å². The molecular formula is C16H27NO2. The molecule has 3 nitrogen and oxygen atoms in total. The van der Waals surface area contributed by atoms with E-state index in [1.807, 2.05) is 25.1 Å². The van der Waals surface area contributed by atoms with Gasteiger partial charge in [-0.05, 0) is 49.1 Å². The topological polar surface area (TPSA) is 41.5 Å². The summed E-state index contributed by atoms with van der Waals surface area (Å²) in [5, 5.41) is 13.9. The third-order valence-corrected chi connectivity index (χ3v) is 3.37. The second-order valence-electron chi connectivity index (χ2n) is 5.49. The number of aliphatic hydroxyl groups excluding tert-OH is 1. The SMILES string of the molecule is CCC(NCC(C)C)C(O)c1ccc(OC)c(C)c1. The van der Waals surface area contributed by atoms with Crippen LogP contribution < -0.4 is 10.1 Å². The monoisotopic (exact) mass is 265 g/mol. The largest absolute Gasteiger partial charge is 0.496 e. The minimum absolute atomic E-state index is 0.0928. The van der Waals surface area contributed by atoms with Gasteiger partial charge in [-0.1, -0.05) is 26.8 Å². The van der Waals surface area contributed by atoms with Gasteiger partial charge in [-0.3, -0.25) is 0 Å². The van der Waals surface area contributed by atoms with Gasteiger partial charge in [-0.25, -0.2) is 0 Å². The zero-order chi connectivity index (χ0) is 14.4. The molecule has 0 aliphatic rings. The maximum Gasteiger partial charge on any atom is 0.121 e. The highest BCUT2D eigenvalue weighted by Gasteiger charge is 2.19. The van der Waals surface area contributed by atoms with Crippen molar-refractivity contribution in [2.45, 2.75) is 46.3 Å². The Morgan fingerprint density at radius 2 is 2.00 bits per heavy atom. The second kappa shape index (κ2) is 7.51. The van der Waals surface area contributed by atoms with Crippen LogP contribution in [0.3, 0.4) is 0 Å². The van der Waals surface area contributed by atoms with Crippen LogP contribution in [0.1, 0.15) is 44.4 Å². The van der Waals surface area contributed by atoms with Gasteiger partial charge in [-0.15, -0.1) is 0 Å². The lowest BCUT2D eigenvalue weighted by molar-refractivity contribution is 0.124. The molecule has 3 heteroatoms. The van der Waals surface area contributed by atoms with E-state index in [1.165, 1.54) is 0 Å². The van der Waals surface area contributed by atoms with E-state index in [0.717, 1.165) is 29.8 Å². The summed E-state index contributed by atoms with van der Waals surface area (Å²) in [6.45, 7) is 9.35. The molecule has 0 saturated carbocycles. The number of aryl methyl sites for hydroxylation is 1. The van der Waals surface area contributed by atoms with Gasteiger partial charge in [0.15, 0.2) is 0 Å². The van der Waals surface area contributed by atoms with Crippen molar-refractivity contribution in [2.24, 2.45) is 5.92 Å². The quantitative estimate of drug-likeness (QED) is 0.796. The number of hydrogen-bond acceptors (Lipinski definition) is 3. The number of rotatable bonds is 7. The smallest absolute Gasteiger partial charge is 0.121 e. The maximum absolute atomic E-state index is 10.5. The molecule has 0 aliphatic carbocycles. The van der Waals surface area contributed by atoms with E-state index in [0.29, 0.717) is 5.92 Å². The molecule has 0 spiro atoms. The van der Waals surface area contributed by atoms with Crippen molar-refractivity contribution < 1.29 is 9.84 Å². The molecule has 0 radical (unpaired) electrons. The lowest BCUT2D eigenvalue weighted by Crippen LogP contribution is -2.36. The fourth-order valence-electron chi connectivity index (χ4n) is 2.18. The van der Waals surface area contributed by atoms with E-state index in [9.17, 15) is 5.11 Å². The molecule has 19 heavy (non-hydrogen) atoms. The summed E-state index contributed by atoms with van der Waals surface area (Å²) >= 11 is 0. The summed E-state index contributed by atoms with van der Waals surface area (Å²) in [4.78, 5) is 0. The van der Waals surface area contributed by atoms with Crippen molar-refractivity contribution in [1.29, 1.82) is 0 Å². The molecule has 0 heterocycles. The third-order valence-electron chi connectivity index (χ3n) is 3.37. The Kier molecular flexibility index (Phi) is 6.32. The molecule has 0 fully saturated rings. The summed E-state index contributed by atoms with van der Waals surface area (Å²) in [6, 6.07) is 5.96. The first-order valence-electron chi connectivity index (χ1n) is 7.05. The van der Waals surface area contributed by atoms with Crippen molar-refractivity contribution in [3.8, 4) is 5.75 Å². The van der Waals surface area contributed by atoms with Gasteiger partial charge >= 0.3 is 0 Å². The molecule has 0 bridgehead atoms. The Morgan fingerprint density at radius 1 is 1.32 bits per heavy atom. The van der Waals surface area contributed by atoms with Gasteiger partial charge in [0.1, 0.15) is 5.75 Å². The Labute approximate surface area is 117 Å². The molecule has 108 valence electrons. The molecule has 1 rings (SSSR count). The van der Waals surface area contributed by atoms with Crippen molar-refractivity contribution in [3.05, 3.63) is 29.3 Å². The number of benzene rings is 1. The van der Waals surface area contributed by atoms with Crippen molar-refractivity contribution in [2.75, 3.05) is 13.7 Å². The zero-order valence-corrected chi connectivity index (χ0v) is 12.7. The molecule has 2 unspecified atom stereocenters. The van der Waals surface area contributed by atoms with Crippen LogP contribution in [0.15, 0.2) is 18.2 Å². The van der Waals surface area contributed by atoms with Gasteiger partial charge in [0.25, 0.3) is 0 Å². The summed E-state index contributed by atoms with van der Waals surface area (Å²) in [5.74, 6) is 1.44. The molecule has 1 aromatic carbocycles. The fraction of sp³-hybridized carbons (Fsp3) is 0.625. The van der Waals surface area contributed by atoms with Crippen LogP contribution in [0, 0.1) is 12.8 Å². The Balaban J connectivity index is 2.79. The molecule has 0 saturated heterocycles. The standard InChI is InChI=1S/C16H27NO2/c1-6-14(17-10-11(2)3)16(18)13-7-8-15(19-5)12(4)9-13/h7-9,11,14,16-18H,6,10H2,1-5H3. The Morgan fingerprint density at radius 3 is 2.47 bits per heavy atom. The molecule has 2 atom stereocenters. The first kappa shape index (κ1) is 16.0. The molecule has 0 aliphatic heterocycles. The maximum atomic E-state index is 10.5. The van der Waals surface area contributed by atoms with Gasteiger partial charge in [-0.2, -0.15) is 0 Å². The van der Waals surface area contributed by atoms with Crippen LogP contribution in [-0.2, 0) is 0 Å². The number of hydrogen-bond donors (Lipinski definition) is 2. The van der Waals surface area contributed by atoms with E-state index in [1.54, 1.807) is 7.11 Å². The van der Waals surface area contributed by atoms with E-state index >= 15 is 0 Å². The van der Waals surface area contributed by atoms with Crippen LogP contribution in [0.4, 0.5) is 0 Å². The molecule has 1 aromatic rings. The van der Waals surface area contributed by atoms with E-state index < -0.39 is 6.10 Å². The van der Waals surface area contributed by atoms with E-state index in [-0.39, 0.29) is 6.04 Å². The van der Waals surface area contributed by atoms with Crippen molar-refractivity contribution in [1.82, 2.24) is 5.32 Å². The summed E-state index contributed by atoms with van der Waals surface area (Å²) in [5.41, 5.74) is 2.00. The molecule has 2 N–H and O–H groups in total. The van der Waals surface area contributed by atoms with Crippen LogP contribution >= 0.6 is 0 Å². The Bertz CT molecular complexity index is 390. The number of nitrogens with one attached hydrogen (secondary N) is 1. The minimum Gasteiger partial charge on any atom is -0.496 e. The number of methoxy groups -OCH3 is 1. The predicted molar refractivity (Wildman–Crippen MR) is 79.6 cm³/mol. The van der Waals surface area contributed by atoms with E-state index in [4.69, 9.17) is 4.74 Å². The highest BCUT2D eigenvalue weighted by molar-refractivity contribution is 5.37. The Hall–Kier alpha value is -1.06. The molecule has 0 amide bonds. The normalized spacial score (nSPS) is 14.5. The number of aliphatic hydroxyl groups is 1. The second-order valence-corrected chi connectivity index (χ2v) is 5.49. The number of ether oxygens (including phenoxy) is 1. The fourth-order valence-corrected chi connectivity index (χ4v) is 2.18. The highest BCUT2D eigenvalue weighted by atomic mass is 16.5. The first-order valence-corrected chi connectivity index (χ1v) is 7.05. The van der Waals surface area contributed by atoms with Crippen molar-refractivity contribution in [3.63, 3.8) is 0 Å². The first-order chi connectivity index (χ1) is 8.99. The summed E-state index contributed by atoms with van der Waals surface area (Å²) < 4.78 is 5.25. The van der Waals surface area contributed by atoms with Gasteiger partial charge in [0.05, 0.1) is 13.2 Å². The lowest BCUT2D eigenvalue weighted by atomic mass is 9.98. The van der Waals surface area contributed by atoms with Crippen LogP contribution in [0.25, 0.3) is 0 Å². The van der Waals surface area contributed by atoms with Gasteiger partial charge in [0, 0.05) is 6.04 Å². The van der Waals surface area contributed by atoms with Crippen LogP contribution in [0.2, 0.25) is 0 Å². The average molecular weight is 265 g/mol. The summed E-state index contributed by atoms with van der Waals surface area (Å²) in [7, 11) is 1.66. The van der Waals surface area contributed by atoms with E-state index in [2.05, 4.69) is 26.1 Å². The molecular weight excluding hydrogens is 238 g/mol. The average Bonchev–Trinajstić information content (AvgIpc) is 2.38. The van der Waals surface area contributed by atoms with Crippen molar-refractivity contribution >= 4 is 0 Å². The highest BCUT2D eigenvalue weighted by Crippen LogP contribution is 2.25. The predicted octanol–water partition coefficient (Wildman–Crippen LogP) is 3.06. The third kappa shape index (κ3) is 4.51.